The summed E-state index contributed by atoms with van der Waals surface area (Å²) in [5, 5.41) is 2.71. The summed E-state index contributed by atoms with van der Waals surface area (Å²) in [6, 6.07) is 17.5. The monoisotopic (exact) mass is 296 g/mol. The van der Waals surface area contributed by atoms with Crippen LogP contribution in [0.5, 0.6) is 0 Å². The number of aryl methyl sites for hydroxylation is 1. The smallest absolute Gasteiger partial charge is 0.412 e. The third kappa shape index (κ3) is 4.45. The van der Waals surface area contributed by atoms with Crippen molar-refractivity contribution in [3.63, 3.8) is 0 Å². The Bertz CT molecular complexity index is 634. The largest absolute Gasteiger partial charge is 0.450 e. The zero-order chi connectivity index (χ0) is 15.8. The maximum atomic E-state index is 11.7. The fourth-order valence-corrected chi connectivity index (χ4v) is 1.96. The van der Waals surface area contributed by atoms with Crippen LogP contribution in [0.1, 0.15) is 25.0 Å². The molecule has 0 aliphatic heterocycles. The molecule has 0 aliphatic carbocycles. The Hall–Kier alpha value is -2.62. The number of para-hydroxylation sites is 1. The molecule has 0 saturated carbocycles. The average Bonchev–Trinajstić information content (AvgIpc) is 2.55. The van der Waals surface area contributed by atoms with E-state index in [4.69, 9.17) is 4.74 Å². The van der Waals surface area contributed by atoms with E-state index in [2.05, 4.69) is 17.2 Å². The molecule has 2 rings (SSSR count). The highest BCUT2D eigenvalue weighted by molar-refractivity contribution is 6.07. The van der Waals surface area contributed by atoms with Gasteiger partial charge in [-0.1, -0.05) is 49.4 Å². The van der Waals surface area contributed by atoms with Crippen LogP contribution in [0, 0.1) is 0 Å². The van der Waals surface area contributed by atoms with Gasteiger partial charge in [-0.3, -0.25) is 5.32 Å². The second-order valence-corrected chi connectivity index (χ2v) is 4.69. The van der Waals surface area contributed by atoms with Crippen LogP contribution < -0.4 is 5.32 Å². The van der Waals surface area contributed by atoms with E-state index in [1.807, 2.05) is 54.6 Å². The predicted molar refractivity (Wildman–Crippen MR) is 88.6 cm³/mol. The molecule has 22 heavy (non-hydrogen) atoms. The fourth-order valence-electron chi connectivity index (χ4n) is 1.96. The van der Waals surface area contributed by atoms with Crippen LogP contribution in [-0.4, -0.2) is 18.5 Å². The number of amidine groups is 1. The number of hydrogen-bond acceptors (Lipinski definition) is 3. The van der Waals surface area contributed by atoms with Crippen LogP contribution in [0.4, 0.5) is 10.5 Å². The van der Waals surface area contributed by atoms with Crippen LogP contribution >= 0.6 is 0 Å². The SMILES string of the molecule is CCOC(=O)NC(=Nc1ccccc1)c1ccc(CC)cc1. The van der Waals surface area contributed by atoms with Crippen molar-refractivity contribution in [2.45, 2.75) is 20.3 Å². The van der Waals surface area contributed by atoms with E-state index < -0.39 is 6.09 Å². The van der Waals surface area contributed by atoms with Gasteiger partial charge in [0.05, 0.1) is 12.3 Å². The van der Waals surface area contributed by atoms with Crippen LogP contribution in [0.15, 0.2) is 59.6 Å². The number of carbonyl (C=O) groups excluding carboxylic acids is 1. The molecule has 1 N–H and O–H groups in total. The molecule has 0 atom stereocenters. The molecular weight excluding hydrogens is 276 g/mol. The highest BCUT2D eigenvalue weighted by Crippen LogP contribution is 2.13. The molecule has 0 radical (unpaired) electrons. The van der Waals surface area contributed by atoms with Gasteiger partial charge in [-0.15, -0.1) is 0 Å². The van der Waals surface area contributed by atoms with Gasteiger partial charge < -0.3 is 4.74 Å². The Morgan fingerprint density at radius 1 is 1.05 bits per heavy atom. The Balaban J connectivity index is 2.31. The van der Waals surface area contributed by atoms with Gasteiger partial charge in [-0.05, 0) is 31.0 Å². The van der Waals surface area contributed by atoms with E-state index in [0.717, 1.165) is 17.7 Å². The molecule has 0 aliphatic rings. The first-order valence-electron chi connectivity index (χ1n) is 7.39. The number of amides is 1. The van der Waals surface area contributed by atoms with Gasteiger partial charge >= 0.3 is 6.09 Å². The highest BCUT2D eigenvalue weighted by atomic mass is 16.5. The third-order valence-corrected chi connectivity index (χ3v) is 3.13. The summed E-state index contributed by atoms with van der Waals surface area (Å²) in [4.78, 5) is 16.2. The molecule has 2 aromatic rings. The molecule has 0 aromatic heterocycles. The predicted octanol–water partition coefficient (Wildman–Crippen LogP) is 4.07. The number of nitrogens with one attached hydrogen (secondary N) is 1. The van der Waals surface area contributed by atoms with E-state index in [0.29, 0.717) is 12.4 Å². The maximum Gasteiger partial charge on any atom is 0.412 e. The van der Waals surface area contributed by atoms with Gasteiger partial charge in [0, 0.05) is 5.56 Å². The zero-order valence-corrected chi connectivity index (χ0v) is 12.9. The van der Waals surface area contributed by atoms with E-state index in [-0.39, 0.29) is 0 Å². The maximum absolute atomic E-state index is 11.7. The summed E-state index contributed by atoms with van der Waals surface area (Å²) in [5.41, 5.74) is 2.85. The lowest BCUT2D eigenvalue weighted by molar-refractivity contribution is 0.158. The molecule has 114 valence electrons. The van der Waals surface area contributed by atoms with Gasteiger partial charge in [0.2, 0.25) is 0 Å². The number of hydrogen-bond donors (Lipinski definition) is 1. The molecule has 0 fully saturated rings. The minimum atomic E-state index is -0.503. The van der Waals surface area contributed by atoms with Crippen molar-refractivity contribution >= 4 is 17.6 Å². The summed E-state index contributed by atoms with van der Waals surface area (Å²) in [7, 11) is 0. The van der Waals surface area contributed by atoms with Gasteiger partial charge in [0.25, 0.3) is 0 Å². The lowest BCUT2D eigenvalue weighted by Crippen LogP contribution is -2.31. The topological polar surface area (TPSA) is 50.7 Å². The lowest BCUT2D eigenvalue weighted by atomic mass is 10.1. The van der Waals surface area contributed by atoms with Gasteiger partial charge in [-0.25, -0.2) is 9.79 Å². The number of rotatable bonds is 4. The Kier molecular flexibility index (Phi) is 5.72. The van der Waals surface area contributed by atoms with E-state index in [1.165, 1.54) is 5.56 Å². The van der Waals surface area contributed by atoms with Crippen molar-refractivity contribution in [2.75, 3.05) is 6.61 Å². The first kappa shape index (κ1) is 15.8. The Morgan fingerprint density at radius 3 is 2.32 bits per heavy atom. The average molecular weight is 296 g/mol. The van der Waals surface area contributed by atoms with Crippen molar-refractivity contribution < 1.29 is 9.53 Å². The quantitative estimate of drug-likeness (QED) is 0.683. The van der Waals surface area contributed by atoms with Crippen molar-refractivity contribution in [3.05, 3.63) is 65.7 Å². The molecule has 1 amide bonds. The molecule has 4 heteroatoms. The highest BCUT2D eigenvalue weighted by Gasteiger charge is 2.09. The standard InChI is InChI=1S/C18H20N2O2/c1-3-14-10-12-15(13-11-14)17(20-18(21)22-4-2)19-16-8-6-5-7-9-16/h5-13H,3-4H2,1-2H3,(H,19,20,21). The Labute approximate surface area is 130 Å². The van der Waals surface area contributed by atoms with Crippen molar-refractivity contribution in [3.8, 4) is 0 Å². The minimum Gasteiger partial charge on any atom is -0.450 e. The van der Waals surface area contributed by atoms with Crippen LogP contribution in [-0.2, 0) is 11.2 Å². The van der Waals surface area contributed by atoms with Gasteiger partial charge in [-0.2, -0.15) is 0 Å². The molecule has 0 unspecified atom stereocenters. The first-order chi connectivity index (χ1) is 10.7. The van der Waals surface area contributed by atoms with Gasteiger partial charge in [0.1, 0.15) is 5.84 Å². The summed E-state index contributed by atoms with van der Waals surface area (Å²) in [6.45, 7) is 4.19. The number of aliphatic imine (C=N–C) groups is 1. The molecule has 0 saturated heterocycles. The van der Waals surface area contributed by atoms with E-state index >= 15 is 0 Å². The molecule has 4 nitrogen and oxygen atoms in total. The minimum absolute atomic E-state index is 0.319. The molecule has 0 heterocycles. The van der Waals surface area contributed by atoms with Crippen LogP contribution in [0.25, 0.3) is 0 Å². The normalized spacial score (nSPS) is 11.1. The first-order valence-corrected chi connectivity index (χ1v) is 7.39. The number of carbonyl (C=O) groups is 1. The third-order valence-electron chi connectivity index (χ3n) is 3.13. The summed E-state index contributed by atoms with van der Waals surface area (Å²) >= 11 is 0. The fraction of sp³-hybridized carbons (Fsp3) is 0.222. The van der Waals surface area contributed by atoms with Crippen molar-refractivity contribution in [1.29, 1.82) is 0 Å². The second kappa shape index (κ2) is 7.98. The number of benzene rings is 2. The zero-order valence-electron chi connectivity index (χ0n) is 12.9. The van der Waals surface area contributed by atoms with E-state index in [1.54, 1.807) is 6.92 Å². The molecule has 2 aromatic carbocycles. The number of ether oxygens (including phenoxy) is 1. The molecular formula is C18H20N2O2. The summed E-state index contributed by atoms with van der Waals surface area (Å²) in [6.07, 6.45) is 0.466. The van der Waals surface area contributed by atoms with Crippen molar-refractivity contribution in [1.82, 2.24) is 5.32 Å². The number of alkyl carbamates (subject to hydrolysis) is 1. The second-order valence-electron chi connectivity index (χ2n) is 4.69. The molecule has 0 bridgehead atoms. The Morgan fingerprint density at radius 2 is 1.73 bits per heavy atom. The van der Waals surface area contributed by atoms with Crippen LogP contribution in [0.2, 0.25) is 0 Å². The van der Waals surface area contributed by atoms with E-state index in [9.17, 15) is 4.79 Å². The van der Waals surface area contributed by atoms with Crippen LogP contribution in [0.3, 0.4) is 0 Å². The van der Waals surface area contributed by atoms with Crippen molar-refractivity contribution in [2.24, 2.45) is 4.99 Å². The summed E-state index contributed by atoms with van der Waals surface area (Å²) < 4.78 is 4.95. The molecule has 0 spiro atoms. The number of nitrogens with zero attached hydrogens (tertiary/aromatic N) is 1. The summed E-state index contributed by atoms with van der Waals surface area (Å²) in [5.74, 6) is 0.479. The van der Waals surface area contributed by atoms with Gasteiger partial charge in [0.15, 0.2) is 0 Å². The lowest BCUT2D eigenvalue weighted by Gasteiger charge is -2.10.